The molecule has 0 unspecified atom stereocenters. The fourth-order valence-corrected chi connectivity index (χ4v) is 3.93. The molecule has 0 fully saturated rings. The second kappa shape index (κ2) is 10.0. The maximum Gasteiger partial charge on any atom is 0.266 e. The van der Waals surface area contributed by atoms with Crippen molar-refractivity contribution in [3.63, 3.8) is 0 Å². The number of carbonyl (C=O) groups is 1. The SMILES string of the molecule is O=C(NCc1ccccc1)c1ccccc1Nc1nc2nc3ccccc3c(=O)n2cc1Br.[Cl-]. The van der Waals surface area contributed by atoms with Crippen LogP contribution in [-0.4, -0.2) is 20.3 Å². The largest absolute Gasteiger partial charge is 1.00 e. The van der Waals surface area contributed by atoms with Crippen LogP contribution in [0.1, 0.15) is 15.9 Å². The molecular weight excluding hydrogens is 518 g/mol. The van der Waals surface area contributed by atoms with E-state index in [4.69, 9.17) is 0 Å². The van der Waals surface area contributed by atoms with Gasteiger partial charge in [0.05, 0.1) is 26.6 Å². The van der Waals surface area contributed by atoms with Gasteiger partial charge in [-0.25, -0.2) is 4.98 Å². The summed E-state index contributed by atoms with van der Waals surface area (Å²) in [4.78, 5) is 34.8. The lowest BCUT2D eigenvalue weighted by molar-refractivity contribution is -0.0000149. The van der Waals surface area contributed by atoms with E-state index in [2.05, 4.69) is 36.5 Å². The van der Waals surface area contributed by atoms with E-state index < -0.39 is 0 Å². The van der Waals surface area contributed by atoms with Gasteiger partial charge in [0.1, 0.15) is 5.82 Å². The van der Waals surface area contributed by atoms with Crippen LogP contribution < -0.4 is 28.6 Å². The Balaban J connectivity index is 0.00000274. The van der Waals surface area contributed by atoms with Crippen molar-refractivity contribution in [1.29, 1.82) is 0 Å². The zero-order valence-corrected chi connectivity index (χ0v) is 20.0. The fraction of sp³-hybridized carbons (Fsp3) is 0.0400. The number of nitrogens with zero attached hydrogens (tertiary/aromatic N) is 3. The van der Waals surface area contributed by atoms with Gasteiger partial charge in [-0.05, 0) is 45.8 Å². The Bertz CT molecular complexity index is 1560. The molecule has 2 heterocycles. The van der Waals surface area contributed by atoms with Crippen molar-refractivity contribution < 1.29 is 17.2 Å². The number of amides is 1. The van der Waals surface area contributed by atoms with Crippen molar-refractivity contribution in [1.82, 2.24) is 19.7 Å². The molecule has 1 amide bonds. The monoisotopic (exact) mass is 534 g/mol. The van der Waals surface area contributed by atoms with E-state index in [1.165, 1.54) is 4.40 Å². The van der Waals surface area contributed by atoms with Crippen LogP contribution in [-0.2, 0) is 6.54 Å². The number of hydrogen-bond donors (Lipinski definition) is 2. The van der Waals surface area contributed by atoms with Gasteiger partial charge in [-0.2, -0.15) is 4.98 Å². The number of para-hydroxylation sites is 2. The van der Waals surface area contributed by atoms with Crippen molar-refractivity contribution in [3.05, 3.63) is 111 Å². The summed E-state index contributed by atoms with van der Waals surface area (Å²) < 4.78 is 1.96. The second-order valence-electron chi connectivity index (χ2n) is 7.38. The quantitative estimate of drug-likeness (QED) is 0.335. The molecule has 0 aliphatic carbocycles. The van der Waals surface area contributed by atoms with E-state index >= 15 is 0 Å². The Morgan fingerprint density at radius 1 is 0.912 bits per heavy atom. The molecule has 0 spiro atoms. The highest BCUT2D eigenvalue weighted by atomic mass is 79.9. The maximum atomic E-state index is 12.9. The van der Waals surface area contributed by atoms with Gasteiger partial charge < -0.3 is 23.0 Å². The summed E-state index contributed by atoms with van der Waals surface area (Å²) in [6, 6.07) is 24.0. The number of nitrogens with one attached hydrogen (secondary N) is 2. The van der Waals surface area contributed by atoms with Gasteiger partial charge in [-0.3, -0.25) is 14.0 Å². The minimum Gasteiger partial charge on any atom is -1.00 e. The maximum absolute atomic E-state index is 12.9. The summed E-state index contributed by atoms with van der Waals surface area (Å²) in [5, 5.41) is 6.67. The minimum absolute atomic E-state index is 0. The van der Waals surface area contributed by atoms with Crippen molar-refractivity contribution in [3.8, 4) is 0 Å². The summed E-state index contributed by atoms with van der Waals surface area (Å²) in [5.74, 6) is 0.495. The summed E-state index contributed by atoms with van der Waals surface area (Å²) in [5.41, 5.74) is 2.45. The molecular formula is C25H18BrClN5O2-. The van der Waals surface area contributed by atoms with Gasteiger partial charge >= 0.3 is 0 Å². The van der Waals surface area contributed by atoms with Crippen molar-refractivity contribution in [2.45, 2.75) is 6.54 Å². The Labute approximate surface area is 209 Å². The van der Waals surface area contributed by atoms with E-state index in [9.17, 15) is 9.59 Å². The van der Waals surface area contributed by atoms with Gasteiger partial charge in [0.2, 0.25) is 5.78 Å². The predicted octanol–water partition coefficient (Wildman–Crippen LogP) is 1.68. The number of benzene rings is 3. The van der Waals surface area contributed by atoms with Gasteiger partial charge in [-0.15, -0.1) is 0 Å². The van der Waals surface area contributed by atoms with Crippen molar-refractivity contribution in [2.24, 2.45) is 0 Å². The lowest BCUT2D eigenvalue weighted by Crippen LogP contribution is -3.00. The molecule has 5 aromatic rings. The van der Waals surface area contributed by atoms with E-state index in [1.54, 1.807) is 42.6 Å². The smallest absolute Gasteiger partial charge is 0.266 e. The zero-order valence-electron chi connectivity index (χ0n) is 17.7. The van der Waals surface area contributed by atoms with E-state index in [0.29, 0.717) is 39.0 Å². The molecule has 0 saturated carbocycles. The van der Waals surface area contributed by atoms with E-state index in [-0.39, 0.29) is 29.7 Å². The average Bonchev–Trinajstić information content (AvgIpc) is 2.85. The average molecular weight is 536 g/mol. The molecule has 5 rings (SSSR count). The van der Waals surface area contributed by atoms with Crippen molar-refractivity contribution >= 4 is 50.0 Å². The first-order valence-corrected chi connectivity index (χ1v) is 11.1. The highest BCUT2D eigenvalue weighted by Crippen LogP contribution is 2.26. The molecule has 3 aromatic carbocycles. The molecule has 9 heteroatoms. The Morgan fingerprint density at radius 2 is 1.62 bits per heavy atom. The zero-order chi connectivity index (χ0) is 22.8. The summed E-state index contributed by atoms with van der Waals surface area (Å²) in [6.45, 7) is 0.422. The molecule has 170 valence electrons. The number of carbonyl (C=O) groups excluding carboxylic acids is 1. The summed E-state index contributed by atoms with van der Waals surface area (Å²) >= 11 is 3.48. The van der Waals surface area contributed by atoms with Crippen molar-refractivity contribution in [2.75, 3.05) is 5.32 Å². The van der Waals surface area contributed by atoms with Gasteiger partial charge in [-0.1, -0.05) is 54.6 Å². The third-order valence-electron chi connectivity index (χ3n) is 5.19. The van der Waals surface area contributed by atoms with E-state index in [0.717, 1.165) is 5.56 Å². The van der Waals surface area contributed by atoms with Crippen LogP contribution in [0.25, 0.3) is 16.7 Å². The first kappa shape index (κ1) is 23.4. The van der Waals surface area contributed by atoms with Gasteiger partial charge in [0.15, 0.2) is 0 Å². The van der Waals surface area contributed by atoms with E-state index in [1.807, 2.05) is 42.5 Å². The topological polar surface area (TPSA) is 88.4 Å². The third kappa shape index (κ3) is 4.64. The number of halogens is 2. The number of rotatable bonds is 5. The molecule has 2 aromatic heterocycles. The van der Waals surface area contributed by atoms with Gasteiger partial charge in [0.25, 0.3) is 11.5 Å². The molecule has 0 bridgehead atoms. The van der Waals surface area contributed by atoms with Gasteiger partial charge in [0, 0.05) is 12.7 Å². The van der Waals surface area contributed by atoms with Crippen LogP contribution in [0.4, 0.5) is 11.5 Å². The second-order valence-corrected chi connectivity index (χ2v) is 8.23. The summed E-state index contributed by atoms with van der Waals surface area (Å²) in [6.07, 6.45) is 1.63. The van der Waals surface area contributed by atoms with Crippen LogP contribution in [0.15, 0.2) is 94.3 Å². The predicted molar refractivity (Wildman–Crippen MR) is 132 cm³/mol. The molecule has 7 nitrogen and oxygen atoms in total. The molecule has 0 radical (unpaired) electrons. The molecule has 0 saturated heterocycles. The van der Waals surface area contributed by atoms with Crippen LogP contribution in [0.2, 0.25) is 0 Å². The molecule has 0 aliphatic heterocycles. The highest BCUT2D eigenvalue weighted by molar-refractivity contribution is 9.10. The third-order valence-corrected chi connectivity index (χ3v) is 5.77. The normalized spacial score (nSPS) is 10.6. The number of hydrogen-bond acceptors (Lipinski definition) is 5. The molecule has 0 aliphatic rings. The summed E-state index contributed by atoms with van der Waals surface area (Å²) in [7, 11) is 0. The highest BCUT2D eigenvalue weighted by Gasteiger charge is 2.15. The van der Waals surface area contributed by atoms with Crippen LogP contribution >= 0.6 is 15.9 Å². The molecule has 2 N–H and O–H groups in total. The lowest BCUT2D eigenvalue weighted by Gasteiger charge is -2.14. The molecule has 0 atom stereocenters. The van der Waals surface area contributed by atoms with Crippen LogP contribution in [0, 0.1) is 0 Å². The van der Waals surface area contributed by atoms with Crippen LogP contribution in [0.5, 0.6) is 0 Å². The first-order valence-electron chi connectivity index (χ1n) is 10.3. The fourth-order valence-electron chi connectivity index (χ4n) is 3.54. The number of anilines is 2. The number of aromatic nitrogens is 3. The molecule has 34 heavy (non-hydrogen) atoms. The number of fused-ring (bicyclic) bond motifs is 2. The Kier molecular flexibility index (Phi) is 6.90. The van der Waals surface area contributed by atoms with Crippen LogP contribution in [0.3, 0.4) is 0 Å². The Hall–Kier alpha value is -3.75. The minimum atomic E-state index is -0.209. The lowest BCUT2D eigenvalue weighted by atomic mass is 10.1. The Morgan fingerprint density at radius 3 is 2.44 bits per heavy atom. The standard InChI is InChI=1S/C25H18BrN5O2.ClH/c26-19-15-31-24(33)18-11-5-7-13-21(18)29-25(31)30-22(19)28-20-12-6-4-10-17(20)23(32)27-14-16-8-2-1-3-9-16;/h1-13,15H,14H2,(H,27,32)(H,28,29,30);1H/p-1. The first-order chi connectivity index (χ1) is 16.1.